The molecule has 0 aliphatic heterocycles. The van der Waals surface area contributed by atoms with Crippen molar-refractivity contribution in [1.82, 2.24) is 9.71 Å². The Morgan fingerprint density at radius 3 is 2.53 bits per heavy atom. The Labute approximate surface area is 117 Å². The van der Waals surface area contributed by atoms with Gasteiger partial charge in [0.15, 0.2) is 0 Å². The van der Waals surface area contributed by atoms with Crippen LogP contribution in [-0.2, 0) is 16.4 Å². The van der Waals surface area contributed by atoms with E-state index in [9.17, 15) is 8.42 Å². The van der Waals surface area contributed by atoms with E-state index in [1.54, 1.807) is 30.6 Å². The lowest BCUT2D eigenvalue weighted by atomic mass is 10.1. The summed E-state index contributed by atoms with van der Waals surface area (Å²) < 4.78 is 27.5. The monoisotopic (exact) mass is 296 g/mol. The van der Waals surface area contributed by atoms with Gasteiger partial charge in [0.1, 0.15) is 4.21 Å². The maximum atomic E-state index is 12.2. The SMILES string of the molecule is CCc1ccc(S(=O)(=O)NC(C)c2ccncc2)s1. The highest BCUT2D eigenvalue weighted by atomic mass is 32.2. The molecule has 0 bridgehead atoms. The lowest BCUT2D eigenvalue weighted by Crippen LogP contribution is -2.26. The number of aryl methyl sites for hydroxylation is 1. The van der Waals surface area contributed by atoms with Crippen LogP contribution in [0.1, 0.15) is 30.3 Å². The first kappa shape index (κ1) is 14.2. The van der Waals surface area contributed by atoms with Gasteiger partial charge in [-0.2, -0.15) is 0 Å². The maximum absolute atomic E-state index is 12.2. The molecule has 0 spiro atoms. The second-order valence-corrected chi connectivity index (χ2v) is 7.31. The quantitative estimate of drug-likeness (QED) is 0.923. The Bertz CT molecular complexity index is 636. The summed E-state index contributed by atoms with van der Waals surface area (Å²) in [5.41, 5.74) is 0.894. The van der Waals surface area contributed by atoms with Crippen LogP contribution in [-0.4, -0.2) is 13.4 Å². The molecule has 19 heavy (non-hydrogen) atoms. The van der Waals surface area contributed by atoms with Crippen molar-refractivity contribution in [2.24, 2.45) is 0 Å². The summed E-state index contributed by atoms with van der Waals surface area (Å²) >= 11 is 1.31. The molecule has 4 nitrogen and oxygen atoms in total. The van der Waals surface area contributed by atoms with E-state index in [-0.39, 0.29) is 6.04 Å². The van der Waals surface area contributed by atoms with Crippen LogP contribution in [0.3, 0.4) is 0 Å². The molecule has 6 heteroatoms. The summed E-state index contributed by atoms with van der Waals surface area (Å²) in [6.07, 6.45) is 4.15. The number of pyridine rings is 1. The summed E-state index contributed by atoms with van der Waals surface area (Å²) in [6.45, 7) is 3.83. The van der Waals surface area contributed by atoms with Crippen molar-refractivity contribution in [2.45, 2.75) is 30.5 Å². The van der Waals surface area contributed by atoms with E-state index in [4.69, 9.17) is 0 Å². The topological polar surface area (TPSA) is 59.1 Å². The highest BCUT2D eigenvalue weighted by Gasteiger charge is 2.20. The molecule has 2 aromatic rings. The van der Waals surface area contributed by atoms with Crippen molar-refractivity contribution in [1.29, 1.82) is 0 Å². The van der Waals surface area contributed by atoms with Gasteiger partial charge in [0.05, 0.1) is 0 Å². The molecule has 2 rings (SSSR count). The molecule has 0 amide bonds. The third kappa shape index (κ3) is 3.40. The maximum Gasteiger partial charge on any atom is 0.250 e. The van der Waals surface area contributed by atoms with Crippen LogP contribution in [0.25, 0.3) is 0 Å². The minimum atomic E-state index is -3.45. The number of aromatic nitrogens is 1. The lowest BCUT2D eigenvalue weighted by molar-refractivity contribution is 0.569. The predicted molar refractivity (Wildman–Crippen MR) is 76.7 cm³/mol. The standard InChI is InChI=1S/C13H16N2O2S2/c1-3-12-4-5-13(18-12)19(16,17)15-10(2)11-6-8-14-9-7-11/h4-10,15H,3H2,1-2H3. The van der Waals surface area contributed by atoms with Gasteiger partial charge in [-0.05, 0) is 43.2 Å². The van der Waals surface area contributed by atoms with E-state index in [1.807, 2.05) is 19.9 Å². The Balaban J connectivity index is 2.17. The predicted octanol–water partition coefficient (Wildman–Crippen LogP) is 2.75. The molecule has 1 N–H and O–H groups in total. The van der Waals surface area contributed by atoms with Gasteiger partial charge in [-0.15, -0.1) is 11.3 Å². The summed E-state index contributed by atoms with van der Waals surface area (Å²) in [6, 6.07) is 6.85. The molecule has 1 atom stereocenters. The molecule has 0 radical (unpaired) electrons. The highest BCUT2D eigenvalue weighted by molar-refractivity contribution is 7.91. The van der Waals surface area contributed by atoms with Crippen molar-refractivity contribution in [3.05, 3.63) is 47.1 Å². The summed E-state index contributed by atoms with van der Waals surface area (Å²) in [5, 5.41) is 0. The summed E-state index contributed by atoms with van der Waals surface area (Å²) in [7, 11) is -3.45. The smallest absolute Gasteiger partial charge is 0.250 e. The zero-order chi connectivity index (χ0) is 13.9. The minimum Gasteiger partial charge on any atom is -0.265 e. The summed E-state index contributed by atoms with van der Waals surface area (Å²) in [4.78, 5) is 4.99. The van der Waals surface area contributed by atoms with Gasteiger partial charge in [0.25, 0.3) is 10.0 Å². The van der Waals surface area contributed by atoms with Crippen molar-refractivity contribution < 1.29 is 8.42 Å². The van der Waals surface area contributed by atoms with Gasteiger partial charge >= 0.3 is 0 Å². The zero-order valence-corrected chi connectivity index (χ0v) is 12.5. The number of thiophene rings is 1. The van der Waals surface area contributed by atoms with Crippen molar-refractivity contribution in [3.8, 4) is 0 Å². The number of nitrogens with one attached hydrogen (secondary N) is 1. The first-order valence-corrected chi connectivity index (χ1v) is 8.34. The molecule has 2 heterocycles. The second kappa shape index (κ2) is 5.81. The Morgan fingerprint density at radius 2 is 1.95 bits per heavy atom. The minimum absolute atomic E-state index is 0.278. The van der Waals surface area contributed by atoms with Gasteiger partial charge < -0.3 is 0 Å². The first-order valence-electron chi connectivity index (χ1n) is 6.04. The molecule has 0 fully saturated rings. The van der Waals surface area contributed by atoms with E-state index in [0.717, 1.165) is 16.9 Å². The number of sulfonamides is 1. The van der Waals surface area contributed by atoms with E-state index >= 15 is 0 Å². The van der Waals surface area contributed by atoms with Gasteiger partial charge in [0, 0.05) is 23.3 Å². The largest absolute Gasteiger partial charge is 0.265 e. The van der Waals surface area contributed by atoms with Gasteiger partial charge in [-0.25, -0.2) is 13.1 Å². The molecule has 0 aliphatic carbocycles. The average Bonchev–Trinajstić information content (AvgIpc) is 2.89. The van der Waals surface area contributed by atoms with Crippen molar-refractivity contribution in [3.63, 3.8) is 0 Å². The normalized spacial score (nSPS) is 13.4. The molecule has 0 aromatic carbocycles. The fourth-order valence-corrected chi connectivity index (χ4v) is 4.25. The fraction of sp³-hybridized carbons (Fsp3) is 0.308. The average molecular weight is 296 g/mol. The van der Waals surface area contributed by atoms with Gasteiger partial charge in [-0.3, -0.25) is 4.98 Å². The van der Waals surface area contributed by atoms with E-state index in [2.05, 4.69) is 9.71 Å². The van der Waals surface area contributed by atoms with E-state index in [1.165, 1.54) is 11.3 Å². The van der Waals surface area contributed by atoms with Gasteiger partial charge in [-0.1, -0.05) is 6.92 Å². The van der Waals surface area contributed by atoms with Crippen LogP contribution in [0, 0.1) is 0 Å². The molecular formula is C13H16N2O2S2. The third-order valence-electron chi connectivity index (χ3n) is 2.79. The number of hydrogen-bond donors (Lipinski definition) is 1. The molecule has 102 valence electrons. The van der Waals surface area contributed by atoms with Crippen LogP contribution in [0.15, 0.2) is 40.9 Å². The Morgan fingerprint density at radius 1 is 1.26 bits per heavy atom. The first-order chi connectivity index (χ1) is 9.03. The van der Waals surface area contributed by atoms with Crippen LogP contribution in [0.2, 0.25) is 0 Å². The van der Waals surface area contributed by atoms with Crippen LogP contribution < -0.4 is 4.72 Å². The molecular weight excluding hydrogens is 280 g/mol. The fourth-order valence-electron chi connectivity index (χ4n) is 1.70. The third-order valence-corrected chi connectivity index (χ3v) is 6.05. The molecule has 2 aromatic heterocycles. The molecule has 0 saturated heterocycles. The van der Waals surface area contributed by atoms with E-state index in [0.29, 0.717) is 4.21 Å². The van der Waals surface area contributed by atoms with Gasteiger partial charge in [0.2, 0.25) is 0 Å². The molecule has 0 aliphatic rings. The second-order valence-electron chi connectivity index (χ2n) is 4.20. The van der Waals surface area contributed by atoms with Crippen LogP contribution in [0.4, 0.5) is 0 Å². The van der Waals surface area contributed by atoms with Crippen molar-refractivity contribution in [2.75, 3.05) is 0 Å². The lowest BCUT2D eigenvalue weighted by Gasteiger charge is -2.13. The Hall–Kier alpha value is -1.24. The molecule has 0 saturated carbocycles. The zero-order valence-electron chi connectivity index (χ0n) is 10.8. The molecule has 1 unspecified atom stereocenters. The van der Waals surface area contributed by atoms with E-state index < -0.39 is 10.0 Å². The highest BCUT2D eigenvalue weighted by Crippen LogP contribution is 2.23. The van der Waals surface area contributed by atoms with Crippen LogP contribution >= 0.6 is 11.3 Å². The number of hydrogen-bond acceptors (Lipinski definition) is 4. The van der Waals surface area contributed by atoms with Crippen LogP contribution in [0.5, 0.6) is 0 Å². The summed E-state index contributed by atoms with van der Waals surface area (Å²) in [5.74, 6) is 0. The van der Waals surface area contributed by atoms with Crippen molar-refractivity contribution >= 4 is 21.4 Å². The number of rotatable bonds is 5. The number of nitrogens with zero attached hydrogens (tertiary/aromatic N) is 1. The Kier molecular flexibility index (Phi) is 4.34.